The molecule has 25 heavy (non-hydrogen) atoms. The van der Waals surface area contributed by atoms with Crippen LogP contribution in [-0.2, 0) is 4.79 Å². The molecule has 0 saturated heterocycles. The molecule has 0 heterocycles. The Bertz CT molecular complexity index is 824. The number of benzene rings is 2. The SMILES string of the molecule is Cc1ccc(F)c(NC(=O)/C=C/c2ccc(C(=O)NC3CC3)cc2)c1. The highest BCUT2D eigenvalue weighted by molar-refractivity contribution is 6.02. The number of carbonyl (C=O) groups is 2. The summed E-state index contributed by atoms with van der Waals surface area (Å²) in [5.41, 5.74) is 2.39. The molecule has 0 radical (unpaired) electrons. The van der Waals surface area contributed by atoms with Gasteiger partial charge in [-0.25, -0.2) is 4.39 Å². The van der Waals surface area contributed by atoms with Crippen LogP contribution in [0.1, 0.15) is 34.3 Å². The highest BCUT2D eigenvalue weighted by Crippen LogP contribution is 2.19. The van der Waals surface area contributed by atoms with Crippen LogP contribution in [0.25, 0.3) is 6.08 Å². The molecule has 0 bridgehead atoms. The van der Waals surface area contributed by atoms with Crippen molar-refractivity contribution in [2.45, 2.75) is 25.8 Å². The Labute approximate surface area is 145 Å². The smallest absolute Gasteiger partial charge is 0.251 e. The van der Waals surface area contributed by atoms with Crippen LogP contribution in [0.2, 0.25) is 0 Å². The van der Waals surface area contributed by atoms with Crippen molar-refractivity contribution in [1.82, 2.24) is 5.32 Å². The summed E-state index contributed by atoms with van der Waals surface area (Å²) in [5.74, 6) is -0.968. The zero-order valence-corrected chi connectivity index (χ0v) is 13.9. The molecule has 2 aromatic rings. The van der Waals surface area contributed by atoms with E-state index in [0.717, 1.165) is 24.0 Å². The number of amides is 2. The second kappa shape index (κ2) is 7.30. The van der Waals surface area contributed by atoms with Crippen molar-refractivity contribution in [3.8, 4) is 0 Å². The van der Waals surface area contributed by atoms with E-state index in [4.69, 9.17) is 0 Å². The van der Waals surface area contributed by atoms with Gasteiger partial charge in [0.2, 0.25) is 5.91 Å². The summed E-state index contributed by atoms with van der Waals surface area (Å²) >= 11 is 0. The highest BCUT2D eigenvalue weighted by atomic mass is 19.1. The second-order valence-electron chi connectivity index (χ2n) is 6.18. The van der Waals surface area contributed by atoms with Gasteiger partial charge in [0, 0.05) is 17.7 Å². The predicted octanol–water partition coefficient (Wildman–Crippen LogP) is 3.68. The highest BCUT2D eigenvalue weighted by Gasteiger charge is 2.23. The van der Waals surface area contributed by atoms with Crippen LogP contribution in [0, 0.1) is 12.7 Å². The Kier molecular flexibility index (Phi) is 4.93. The molecular weight excluding hydrogens is 319 g/mol. The van der Waals surface area contributed by atoms with Gasteiger partial charge in [0.1, 0.15) is 5.82 Å². The van der Waals surface area contributed by atoms with Gasteiger partial charge in [-0.1, -0.05) is 18.2 Å². The van der Waals surface area contributed by atoms with E-state index in [-0.39, 0.29) is 11.6 Å². The van der Waals surface area contributed by atoms with E-state index in [0.29, 0.717) is 11.6 Å². The van der Waals surface area contributed by atoms with Gasteiger partial charge in [-0.15, -0.1) is 0 Å². The van der Waals surface area contributed by atoms with Crippen molar-refractivity contribution in [1.29, 1.82) is 0 Å². The molecule has 0 atom stereocenters. The molecule has 1 aliphatic carbocycles. The van der Waals surface area contributed by atoms with Crippen molar-refractivity contribution in [2.75, 3.05) is 5.32 Å². The maximum atomic E-state index is 13.6. The Morgan fingerprint density at radius 3 is 2.52 bits per heavy atom. The molecule has 5 heteroatoms. The molecule has 1 fully saturated rings. The lowest BCUT2D eigenvalue weighted by Gasteiger charge is -2.05. The number of nitrogens with one attached hydrogen (secondary N) is 2. The summed E-state index contributed by atoms with van der Waals surface area (Å²) in [6.07, 6.45) is 5.04. The lowest BCUT2D eigenvalue weighted by molar-refractivity contribution is -0.111. The van der Waals surface area contributed by atoms with Crippen LogP contribution in [0.15, 0.2) is 48.5 Å². The van der Waals surface area contributed by atoms with Crippen LogP contribution < -0.4 is 10.6 Å². The van der Waals surface area contributed by atoms with Crippen LogP contribution >= 0.6 is 0 Å². The monoisotopic (exact) mass is 338 g/mol. The fourth-order valence-electron chi connectivity index (χ4n) is 2.32. The average molecular weight is 338 g/mol. The lowest BCUT2D eigenvalue weighted by atomic mass is 10.1. The Morgan fingerprint density at radius 1 is 1.12 bits per heavy atom. The minimum atomic E-state index is -0.474. The largest absolute Gasteiger partial charge is 0.349 e. The normalized spacial score (nSPS) is 13.7. The molecule has 2 amide bonds. The molecule has 2 N–H and O–H groups in total. The van der Waals surface area contributed by atoms with E-state index in [1.54, 1.807) is 42.5 Å². The standard InChI is InChI=1S/C20H19FN2O2/c1-13-2-10-17(21)18(12-13)23-19(24)11-5-14-3-6-15(7-4-14)20(25)22-16-8-9-16/h2-7,10-12,16H,8-9H2,1H3,(H,22,25)(H,23,24)/b11-5+. The van der Waals surface area contributed by atoms with Crippen molar-refractivity contribution >= 4 is 23.6 Å². The lowest BCUT2D eigenvalue weighted by Crippen LogP contribution is -2.25. The van der Waals surface area contributed by atoms with E-state index in [2.05, 4.69) is 10.6 Å². The van der Waals surface area contributed by atoms with E-state index in [9.17, 15) is 14.0 Å². The molecule has 1 aliphatic rings. The summed E-state index contributed by atoms with van der Waals surface area (Å²) in [4.78, 5) is 23.8. The number of halogens is 1. The van der Waals surface area contributed by atoms with Crippen LogP contribution in [0.5, 0.6) is 0 Å². The molecular formula is C20H19FN2O2. The number of carbonyl (C=O) groups excluding carboxylic acids is 2. The first kappa shape index (κ1) is 16.9. The number of hydrogen-bond acceptors (Lipinski definition) is 2. The number of rotatable bonds is 5. The third kappa shape index (κ3) is 4.76. The maximum Gasteiger partial charge on any atom is 0.251 e. The average Bonchev–Trinajstić information content (AvgIpc) is 3.41. The number of anilines is 1. The first-order valence-electron chi connectivity index (χ1n) is 8.17. The fraction of sp³-hybridized carbons (Fsp3) is 0.200. The molecule has 0 aliphatic heterocycles. The zero-order chi connectivity index (χ0) is 17.8. The second-order valence-corrected chi connectivity index (χ2v) is 6.18. The van der Waals surface area contributed by atoms with E-state index < -0.39 is 11.7 Å². The summed E-state index contributed by atoms with van der Waals surface area (Å²) in [6.45, 7) is 1.83. The molecule has 3 rings (SSSR count). The maximum absolute atomic E-state index is 13.6. The first-order chi connectivity index (χ1) is 12.0. The van der Waals surface area contributed by atoms with Crippen molar-refractivity contribution < 1.29 is 14.0 Å². The fourth-order valence-corrected chi connectivity index (χ4v) is 2.32. The van der Waals surface area contributed by atoms with Gasteiger partial charge in [-0.05, 0) is 61.2 Å². The quantitative estimate of drug-likeness (QED) is 0.817. The van der Waals surface area contributed by atoms with E-state index >= 15 is 0 Å². The number of aryl methyl sites for hydroxylation is 1. The van der Waals surface area contributed by atoms with Gasteiger partial charge in [-0.2, -0.15) is 0 Å². The molecule has 2 aromatic carbocycles. The van der Waals surface area contributed by atoms with Crippen LogP contribution in [0.3, 0.4) is 0 Å². The Hall–Kier alpha value is -2.95. The summed E-state index contributed by atoms with van der Waals surface area (Å²) in [6, 6.07) is 11.8. The predicted molar refractivity (Wildman–Crippen MR) is 95.7 cm³/mol. The van der Waals surface area contributed by atoms with Gasteiger partial charge in [-0.3, -0.25) is 9.59 Å². The minimum Gasteiger partial charge on any atom is -0.349 e. The molecule has 128 valence electrons. The van der Waals surface area contributed by atoms with Crippen molar-refractivity contribution in [2.24, 2.45) is 0 Å². The minimum absolute atomic E-state index is 0.0781. The summed E-state index contributed by atoms with van der Waals surface area (Å²) in [7, 11) is 0. The van der Waals surface area contributed by atoms with E-state index in [1.165, 1.54) is 12.1 Å². The third-order valence-corrected chi connectivity index (χ3v) is 3.89. The van der Waals surface area contributed by atoms with Gasteiger partial charge in [0.25, 0.3) is 5.91 Å². The number of hydrogen-bond donors (Lipinski definition) is 2. The zero-order valence-electron chi connectivity index (χ0n) is 13.9. The molecule has 0 aromatic heterocycles. The Balaban J connectivity index is 1.60. The van der Waals surface area contributed by atoms with Crippen molar-refractivity contribution in [3.05, 3.63) is 71.0 Å². The summed E-state index contributed by atoms with van der Waals surface area (Å²) < 4.78 is 13.6. The topological polar surface area (TPSA) is 58.2 Å². The van der Waals surface area contributed by atoms with Crippen molar-refractivity contribution in [3.63, 3.8) is 0 Å². The molecule has 1 saturated carbocycles. The van der Waals surface area contributed by atoms with Crippen LogP contribution in [-0.4, -0.2) is 17.9 Å². The van der Waals surface area contributed by atoms with Gasteiger partial charge < -0.3 is 10.6 Å². The van der Waals surface area contributed by atoms with Crippen LogP contribution in [0.4, 0.5) is 10.1 Å². The molecule has 4 nitrogen and oxygen atoms in total. The summed E-state index contributed by atoms with van der Waals surface area (Å²) in [5, 5.41) is 5.43. The molecule has 0 unspecified atom stereocenters. The van der Waals surface area contributed by atoms with Gasteiger partial charge in [0.15, 0.2) is 0 Å². The molecule has 0 spiro atoms. The first-order valence-corrected chi connectivity index (χ1v) is 8.17. The third-order valence-electron chi connectivity index (χ3n) is 3.89. The Morgan fingerprint density at radius 2 is 1.84 bits per heavy atom. The van der Waals surface area contributed by atoms with E-state index in [1.807, 2.05) is 6.92 Å². The van der Waals surface area contributed by atoms with Gasteiger partial charge >= 0.3 is 0 Å². The van der Waals surface area contributed by atoms with Gasteiger partial charge in [0.05, 0.1) is 5.69 Å².